The van der Waals surface area contributed by atoms with Crippen LogP contribution in [0.4, 0.5) is 10.2 Å². The number of fused-ring (bicyclic) bond motifs is 1. The summed E-state index contributed by atoms with van der Waals surface area (Å²) in [4.78, 5) is 21.2. The van der Waals surface area contributed by atoms with E-state index in [1.54, 1.807) is 18.5 Å². The largest absolute Gasteiger partial charge is 0.476 e. The van der Waals surface area contributed by atoms with Gasteiger partial charge in [0.1, 0.15) is 5.82 Å². The molecule has 0 spiro atoms. The van der Waals surface area contributed by atoms with Gasteiger partial charge in [-0.25, -0.2) is 9.37 Å². The van der Waals surface area contributed by atoms with Crippen molar-refractivity contribution in [3.8, 4) is 17.1 Å². The molecule has 32 heavy (non-hydrogen) atoms. The highest BCUT2D eigenvalue weighted by molar-refractivity contribution is 6.04. The Labute approximate surface area is 182 Å². The third-order valence-corrected chi connectivity index (χ3v) is 5.17. The van der Waals surface area contributed by atoms with E-state index in [1.807, 2.05) is 18.2 Å². The molecule has 2 N–H and O–H groups in total. The minimum Gasteiger partial charge on any atom is -0.476 e. The van der Waals surface area contributed by atoms with Crippen LogP contribution < -0.4 is 15.4 Å². The molecule has 1 fully saturated rings. The third-order valence-electron chi connectivity index (χ3n) is 5.17. The van der Waals surface area contributed by atoms with Crippen molar-refractivity contribution < 1.29 is 13.9 Å². The summed E-state index contributed by atoms with van der Waals surface area (Å²) >= 11 is 0. The van der Waals surface area contributed by atoms with Gasteiger partial charge in [-0.15, -0.1) is 10.2 Å². The topological polar surface area (TPSA) is 102 Å². The number of hydrogen-bond donors (Lipinski definition) is 2. The Morgan fingerprint density at radius 2 is 1.94 bits per heavy atom. The molecule has 5 rings (SSSR count). The molecule has 1 aliphatic rings. The number of aromatic nitrogens is 4. The quantitative estimate of drug-likeness (QED) is 0.485. The zero-order valence-corrected chi connectivity index (χ0v) is 17.0. The molecule has 3 heterocycles. The van der Waals surface area contributed by atoms with Crippen LogP contribution in [0.5, 0.6) is 5.88 Å². The van der Waals surface area contributed by atoms with Crippen molar-refractivity contribution in [1.29, 1.82) is 0 Å². The predicted molar refractivity (Wildman–Crippen MR) is 117 cm³/mol. The molecule has 8 nitrogen and oxygen atoms in total. The second kappa shape index (κ2) is 8.64. The Kier molecular flexibility index (Phi) is 5.39. The molecule has 0 saturated carbocycles. The summed E-state index contributed by atoms with van der Waals surface area (Å²) in [5.41, 5.74) is 2.51. The molecule has 1 amide bonds. The Bertz CT molecular complexity index is 1280. The number of rotatable bonds is 6. The summed E-state index contributed by atoms with van der Waals surface area (Å²) in [6, 6.07) is 12.6. The number of carbonyl (C=O) groups is 1. The standard InChI is InChI=1S/C23H19FN6O2/c24-18-4-1-15(2-5-18)23(31)28-21-8-17-7-16(3-6-19(17)29-30-21)20-11-26-12-22(27-20)32-13-14-9-25-10-14/h1-8,11-12,14,25H,9-10,13H2,(H,28,30,31). The van der Waals surface area contributed by atoms with Gasteiger partial charge in [-0.2, -0.15) is 0 Å². The second-order valence-corrected chi connectivity index (χ2v) is 7.54. The van der Waals surface area contributed by atoms with Gasteiger partial charge in [0.25, 0.3) is 5.91 Å². The molecule has 0 unspecified atom stereocenters. The Balaban J connectivity index is 1.36. The molecule has 2 aromatic carbocycles. The number of anilines is 1. The van der Waals surface area contributed by atoms with Crippen LogP contribution in [-0.2, 0) is 0 Å². The van der Waals surface area contributed by atoms with Gasteiger partial charge in [0.15, 0.2) is 5.82 Å². The maximum atomic E-state index is 13.1. The van der Waals surface area contributed by atoms with Crippen LogP contribution in [0.15, 0.2) is 60.9 Å². The first kappa shape index (κ1) is 20.0. The monoisotopic (exact) mass is 430 g/mol. The van der Waals surface area contributed by atoms with Crippen molar-refractivity contribution in [1.82, 2.24) is 25.5 Å². The summed E-state index contributed by atoms with van der Waals surface area (Å²) < 4.78 is 18.8. The lowest BCUT2D eigenvalue weighted by atomic mass is 10.1. The van der Waals surface area contributed by atoms with Gasteiger partial charge in [0.2, 0.25) is 5.88 Å². The van der Waals surface area contributed by atoms with Gasteiger partial charge in [-0.3, -0.25) is 9.78 Å². The second-order valence-electron chi connectivity index (χ2n) is 7.54. The molecule has 1 aliphatic heterocycles. The summed E-state index contributed by atoms with van der Waals surface area (Å²) in [5.74, 6) is 0.475. The Morgan fingerprint density at radius 1 is 1.09 bits per heavy atom. The van der Waals surface area contributed by atoms with Crippen LogP contribution in [0.3, 0.4) is 0 Å². The predicted octanol–water partition coefficient (Wildman–Crippen LogP) is 3.08. The lowest BCUT2D eigenvalue weighted by Gasteiger charge is -2.26. The van der Waals surface area contributed by atoms with E-state index in [9.17, 15) is 9.18 Å². The highest BCUT2D eigenvalue weighted by Crippen LogP contribution is 2.24. The molecule has 0 radical (unpaired) electrons. The van der Waals surface area contributed by atoms with Crippen LogP contribution in [0.25, 0.3) is 22.2 Å². The fraction of sp³-hybridized carbons (Fsp3) is 0.174. The van der Waals surface area contributed by atoms with Gasteiger partial charge >= 0.3 is 0 Å². The first-order valence-corrected chi connectivity index (χ1v) is 10.1. The van der Waals surface area contributed by atoms with Crippen molar-refractivity contribution >= 4 is 22.6 Å². The Morgan fingerprint density at radius 3 is 2.72 bits per heavy atom. The fourth-order valence-electron chi connectivity index (χ4n) is 3.28. The van der Waals surface area contributed by atoms with Crippen molar-refractivity contribution in [2.75, 3.05) is 25.0 Å². The van der Waals surface area contributed by atoms with Crippen LogP contribution >= 0.6 is 0 Å². The molecule has 2 aromatic heterocycles. The zero-order valence-electron chi connectivity index (χ0n) is 17.0. The van der Waals surface area contributed by atoms with Crippen LogP contribution in [0, 0.1) is 11.7 Å². The van der Waals surface area contributed by atoms with Crippen molar-refractivity contribution in [3.63, 3.8) is 0 Å². The van der Waals surface area contributed by atoms with Crippen molar-refractivity contribution in [3.05, 3.63) is 72.3 Å². The van der Waals surface area contributed by atoms with E-state index in [0.29, 0.717) is 41.0 Å². The van der Waals surface area contributed by atoms with E-state index in [1.165, 1.54) is 24.3 Å². The lowest BCUT2D eigenvalue weighted by molar-refractivity contribution is 0.102. The highest BCUT2D eigenvalue weighted by Gasteiger charge is 2.17. The van der Waals surface area contributed by atoms with E-state index in [0.717, 1.165) is 24.0 Å². The molecule has 0 bridgehead atoms. The first-order chi connectivity index (χ1) is 15.6. The van der Waals surface area contributed by atoms with E-state index >= 15 is 0 Å². The summed E-state index contributed by atoms with van der Waals surface area (Å²) in [5, 5.41) is 14.9. The number of ether oxygens (including phenoxy) is 1. The number of nitrogens with zero attached hydrogens (tertiary/aromatic N) is 4. The molecule has 0 atom stereocenters. The number of carbonyl (C=O) groups excluding carboxylic acids is 1. The third kappa shape index (κ3) is 4.37. The maximum absolute atomic E-state index is 13.1. The van der Waals surface area contributed by atoms with E-state index < -0.39 is 11.7 Å². The first-order valence-electron chi connectivity index (χ1n) is 10.1. The summed E-state index contributed by atoms with van der Waals surface area (Å²) in [6.07, 6.45) is 3.27. The molecular weight excluding hydrogens is 411 g/mol. The van der Waals surface area contributed by atoms with Gasteiger partial charge in [0.05, 0.1) is 30.2 Å². The molecule has 1 saturated heterocycles. The average molecular weight is 430 g/mol. The summed E-state index contributed by atoms with van der Waals surface area (Å²) in [6.45, 7) is 2.52. The lowest BCUT2D eigenvalue weighted by Crippen LogP contribution is -2.45. The number of nitrogens with one attached hydrogen (secondary N) is 2. The SMILES string of the molecule is O=C(Nc1cc2cc(-c3cncc(OCC4CNC4)n3)ccc2nn1)c1ccc(F)cc1. The molecule has 9 heteroatoms. The van der Waals surface area contributed by atoms with Gasteiger partial charge in [0, 0.05) is 35.5 Å². The van der Waals surface area contributed by atoms with Gasteiger partial charge in [-0.05, 0) is 42.5 Å². The summed E-state index contributed by atoms with van der Waals surface area (Å²) in [7, 11) is 0. The number of halogens is 1. The molecule has 160 valence electrons. The van der Waals surface area contributed by atoms with E-state index in [-0.39, 0.29) is 0 Å². The van der Waals surface area contributed by atoms with Crippen LogP contribution in [0.1, 0.15) is 10.4 Å². The normalized spacial score (nSPS) is 13.5. The van der Waals surface area contributed by atoms with E-state index in [4.69, 9.17) is 4.74 Å². The van der Waals surface area contributed by atoms with Gasteiger partial charge < -0.3 is 15.4 Å². The van der Waals surface area contributed by atoms with Crippen molar-refractivity contribution in [2.45, 2.75) is 0 Å². The molecular formula is C23H19FN6O2. The zero-order chi connectivity index (χ0) is 21.9. The van der Waals surface area contributed by atoms with Crippen LogP contribution in [0.2, 0.25) is 0 Å². The molecule has 0 aliphatic carbocycles. The number of amides is 1. The Hall–Kier alpha value is -3.98. The minimum absolute atomic E-state index is 0.293. The van der Waals surface area contributed by atoms with Gasteiger partial charge in [-0.1, -0.05) is 6.07 Å². The molecule has 4 aromatic rings. The average Bonchev–Trinajstić information content (AvgIpc) is 2.78. The minimum atomic E-state index is -0.405. The number of benzene rings is 2. The number of hydrogen-bond acceptors (Lipinski definition) is 7. The maximum Gasteiger partial charge on any atom is 0.256 e. The highest BCUT2D eigenvalue weighted by atomic mass is 19.1. The smallest absolute Gasteiger partial charge is 0.256 e. The van der Waals surface area contributed by atoms with Crippen LogP contribution in [-0.4, -0.2) is 45.8 Å². The van der Waals surface area contributed by atoms with Crippen molar-refractivity contribution in [2.24, 2.45) is 5.92 Å². The fourth-order valence-corrected chi connectivity index (χ4v) is 3.28. The van der Waals surface area contributed by atoms with E-state index in [2.05, 4.69) is 30.8 Å².